The molecule has 2 nitrogen and oxygen atoms in total. The second kappa shape index (κ2) is 5.86. The van der Waals surface area contributed by atoms with E-state index in [1.807, 2.05) is 13.8 Å². The minimum absolute atomic E-state index is 0.280. The summed E-state index contributed by atoms with van der Waals surface area (Å²) in [6.07, 6.45) is 2.33. The summed E-state index contributed by atoms with van der Waals surface area (Å²) >= 11 is 0. The zero-order valence-electron chi connectivity index (χ0n) is 11.3. The van der Waals surface area contributed by atoms with Crippen LogP contribution >= 0.6 is 0 Å². The van der Waals surface area contributed by atoms with Crippen molar-refractivity contribution < 1.29 is 9.84 Å². The fourth-order valence-corrected chi connectivity index (χ4v) is 1.64. The van der Waals surface area contributed by atoms with Gasteiger partial charge >= 0.3 is 0 Å². The van der Waals surface area contributed by atoms with E-state index in [0.29, 0.717) is 6.61 Å². The van der Waals surface area contributed by atoms with Crippen LogP contribution in [0.4, 0.5) is 0 Å². The van der Waals surface area contributed by atoms with Gasteiger partial charge in [-0.1, -0.05) is 27.7 Å². The van der Waals surface area contributed by atoms with E-state index in [9.17, 15) is 5.11 Å². The molecule has 0 bridgehead atoms. The predicted octanol–water partition coefficient (Wildman–Crippen LogP) is 3.38. The van der Waals surface area contributed by atoms with Crippen molar-refractivity contribution in [3.8, 4) is 0 Å². The molecule has 0 aromatic carbocycles. The quantitative estimate of drug-likeness (QED) is 0.737. The number of aliphatic hydroxyl groups is 1. The molecule has 0 saturated carbocycles. The Morgan fingerprint density at radius 2 is 1.67 bits per heavy atom. The molecule has 0 rings (SSSR count). The van der Waals surface area contributed by atoms with Gasteiger partial charge in [-0.15, -0.1) is 0 Å². The summed E-state index contributed by atoms with van der Waals surface area (Å²) < 4.78 is 5.66. The molecule has 2 atom stereocenters. The molecule has 0 aliphatic carbocycles. The molecule has 0 amide bonds. The lowest BCUT2D eigenvalue weighted by Crippen LogP contribution is -2.42. The van der Waals surface area contributed by atoms with E-state index in [4.69, 9.17) is 4.74 Å². The largest absolute Gasteiger partial charge is 0.390 e. The number of hydrogen-bond acceptors (Lipinski definition) is 2. The van der Waals surface area contributed by atoms with E-state index in [-0.39, 0.29) is 17.1 Å². The third-order valence-corrected chi connectivity index (χ3v) is 3.05. The van der Waals surface area contributed by atoms with E-state index in [2.05, 4.69) is 27.7 Å². The Kier molecular flexibility index (Phi) is 5.82. The van der Waals surface area contributed by atoms with Gasteiger partial charge in [-0.25, -0.2) is 0 Å². The molecule has 0 radical (unpaired) electrons. The van der Waals surface area contributed by atoms with Crippen molar-refractivity contribution in [1.82, 2.24) is 0 Å². The van der Waals surface area contributed by atoms with Crippen LogP contribution in [-0.4, -0.2) is 23.4 Å². The molecule has 0 saturated heterocycles. The van der Waals surface area contributed by atoms with Crippen molar-refractivity contribution in [3.05, 3.63) is 0 Å². The molecule has 92 valence electrons. The normalized spacial score (nSPS) is 18.6. The van der Waals surface area contributed by atoms with Crippen molar-refractivity contribution >= 4 is 0 Å². The lowest BCUT2D eigenvalue weighted by Gasteiger charge is -2.34. The molecule has 0 spiro atoms. The maximum absolute atomic E-state index is 10.1. The molecule has 15 heavy (non-hydrogen) atoms. The van der Waals surface area contributed by atoms with Crippen LogP contribution in [0.5, 0.6) is 0 Å². The van der Waals surface area contributed by atoms with Crippen LogP contribution in [-0.2, 0) is 4.74 Å². The Morgan fingerprint density at radius 1 is 1.13 bits per heavy atom. The van der Waals surface area contributed by atoms with Gasteiger partial charge in [0.1, 0.15) is 0 Å². The molecule has 0 aromatic heterocycles. The molecular weight excluding hydrogens is 188 g/mol. The van der Waals surface area contributed by atoms with Gasteiger partial charge in [0.2, 0.25) is 0 Å². The predicted molar refractivity (Wildman–Crippen MR) is 65.0 cm³/mol. The van der Waals surface area contributed by atoms with E-state index in [1.165, 1.54) is 0 Å². The summed E-state index contributed by atoms with van der Waals surface area (Å²) in [6.45, 7) is 13.3. The second-order valence-corrected chi connectivity index (χ2v) is 5.71. The van der Waals surface area contributed by atoms with E-state index < -0.39 is 0 Å². The van der Waals surface area contributed by atoms with Gasteiger partial charge in [0, 0.05) is 6.61 Å². The van der Waals surface area contributed by atoms with Crippen LogP contribution in [0.25, 0.3) is 0 Å². The van der Waals surface area contributed by atoms with Crippen molar-refractivity contribution in [2.75, 3.05) is 6.61 Å². The van der Waals surface area contributed by atoms with Crippen molar-refractivity contribution in [2.45, 2.75) is 72.5 Å². The highest BCUT2D eigenvalue weighted by atomic mass is 16.5. The average molecular weight is 216 g/mol. The van der Waals surface area contributed by atoms with Crippen LogP contribution in [0, 0.1) is 5.41 Å². The minimum atomic E-state index is -0.375. The Labute approximate surface area is 95.0 Å². The first-order valence-corrected chi connectivity index (χ1v) is 6.07. The topological polar surface area (TPSA) is 29.5 Å². The van der Waals surface area contributed by atoms with Gasteiger partial charge in [0.05, 0.1) is 11.7 Å². The lowest BCUT2D eigenvalue weighted by atomic mass is 9.84. The third kappa shape index (κ3) is 5.53. The second-order valence-electron chi connectivity index (χ2n) is 5.71. The minimum Gasteiger partial charge on any atom is -0.390 e. The summed E-state index contributed by atoms with van der Waals surface area (Å²) in [6, 6.07) is 0. The van der Waals surface area contributed by atoms with E-state index in [1.54, 1.807) is 0 Å². The SMILES string of the molecule is CCOC(C)(CC)C(O)CCC(C)(C)C. The Balaban J connectivity index is 4.21. The summed E-state index contributed by atoms with van der Waals surface area (Å²) in [7, 11) is 0. The summed E-state index contributed by atoms with van der Waals surface area (Å²) in [5.41, 5.74) is -0.0954. The van der Waals surface area contributed by atoms with Gasteiger partial charge in [0.15, 0.2) is 0 Å². The van der Waals surface area contributed by atoms with Crippen molar-refractivity contribution in [2.24, 2.45) is 5.41 Å². The van der Waals surface area contributed by atoms with Gasteiger partial charge in [0.25, 0.3) is 0 Å². The van der Waals surface area contributed by atoms with Crippen LogP contribution in [0.15, 0.2) is 0 Å². The smallest absolute Gasteiger partial charge is 0.0909 e. The molecule has 0 aliphatic rings. The molecule has 0 aliphatic heterocycles. The summed E-state index contributed by atoms with van der Waals surface area (Å²) in [4.78, 5) is 0. The van der Waals surface area contributed by atoms with Crippen molar-refractivity contribution in [3.63, 3.8) is 0 Å². The van der Waals surface area contributed by atoms with Crippen molar-refractivity contribution in [1.29, 1.82) is 0 Å². The summed E-state index contributed by atoms with van der Waals surface area (Å²) in [5.74, 6) is 0. The number of rotatable bonds is 6. The maximum atomic E-state index is 10.1. The summed E-state index contributed by atoms with van der Waals surface area (Å²) in [5, 5.41) is 10.1. The highest BCUT2D eigenvalue weighted by molar-refractivity contribution is 4.83. The molecule has 0 aromatic rings. The van der Waals surface area contributed by atoms with Crippen LogP contribution in [0.3, 0.4) is 0 Å². The van der Waals surface area contributed by atoms with Crippen LogP contribution in [0.1, 0.15) is 60.8 Å². The van der Waals surface area contributed by atoms with Crippen LogP contribution < -0.4 is 0 Å². The van der Waals surface area contributed by atoms with Crippen LogP contribution in [0.2, 0.25) is 0 Å². The molecule has 2 unspecified atom stereocenters. The lowest BCUT2D eigenvalue weighted by molar-refractivity contribution is -0.115. The Bertz CT molecular complexity index is 172. The van der Waals surface area contributed by atoms with E-state index in [0.717, 1.165) is 19.3 Å². The zero-order chi connectivity index (χ0) is 12.1. The molecular formula is C13H28O2. The van der Waals surface area contributed by atoms with Gasteiger partial charge < -0.3 is 9.84 Å². The molecule has 2 heteroatoms. The van der Waals surface area contributed by atoms with Gasteiger partial charge in [-0.2, -0.15) is 0 Å². The average Bonchev–Trinajstić information content (AvgIpc) is 2.13. The molecule has 0 fully saturated rings. The Morgan fingerprint density at radius 3 is 2.00 bits per heavy atom. The van der Waals surface area contributed by atoms with E-state index >= 15 is 0 Å². The standard InChI is InChI=1S/C13H28O2/c1-7-13(6,15-8-2)11(14)9-10-12(3,4)5/h11,14H,7-10H2,1-6H3. The third-order valence-electron chi connectivity index (χ3n) is 3.05. The maximum Gasteiger partial charge on any atom is 0.0909 e. The fourth-order valence-electron chi connectivity index (χ4n) is 1.64. The first kappa shape index (κ1) is 14.9. The highest BCUT2D eigenvalue weighted by Crippen LogP contribution is 2.28. The number of ether oxygens (including phenoxy) is 1. The first-order valence-electron chi connectivity index (χ1n) is 6.07. The molecule has 1 N–H and O–H groups in total. The number of aliphatic hydroxyl groups excluding tert-OH is 1. The Hall–Kier alpha value is -0.0800. The fraction of sp³-hybridized carbons (Fsp3) is 1.00. The van der Waals surface area contributed by atoms with Gasteiger partial charge in [-0.3, -0.25) is 0 Å². The van der Waals surface area contributed by atoms with Gasteiger partial charge in [-0.05, 0) is 38.5 Å². The highest BCUT2D eigenvalue weighted by Gasteiger charge is 2.32. The zero-order valence-corrected chi connectivity index (χ0v) is 11.3. The monoisotopic (exact) mass is 216 g/mol. The number of hydrogen-bond donors (Lipinski definition) is 1. The first-order chi connectivity index (χ1) is 6.75. The molecule has 0 heterocycles.